The van der Waals surface area contributed by atoms with Gasteiger partial charge in [0.25, 0.3) is 0 Å². The van der Waals surface area contributed by atoms with Gasteiger partial charge in [0.05, 0.1) is 15.0 Å². The van der Waals surface area contributed by atoms with Crippen molar-refractivity contribution in [3.8, 4) is 0 Å². The summed E-state index contributed by atoms with van der Waals surface area (Å²) in [7, 11) is 0. The van der Waals surface area contributed by atoms with Crippen LogP contribution in [-0.4, -0.2) is 27.7 Å². The summed E-state index contributed by atoms with van der Waals surface area (Å²) >= 11 is 0. The van der Waals surface area contributed by atoms with E-state index < -0.39 is 0 Å². The lowest BCUT2D eigenvalue weighted by atomic mass is 10.7. The molecule has 0 bridgehead atoms. The third kappa shape index (κ3) is 1.48. The molecule has 3 nitrogen and oxygen atoms in total. The van der Waals surface area contributed by atoms with Crippen molar-refractivity contribution in [2.45, 2.75) is 0 Å². The fourth-order valence-corrected chi connectivity index (χ4v) is 0.348. The average molecular weight is 101 g/mol. The molecule has 1 aliphatic rings. The molecule has 1 N–H and O–H groups in total. The normalized spacial score (nSPS) is 16.9. The van der Waals surface area contributed by atoms with E-state index in [1.54, 1.807) is 0 Å². The monoisotopic (exact) mass is 101 g/mol. The predicted molar refractivity (Wildman–Crippen MR) is 29.3 cm³/mol. The first kappa shape index (κ1) is 6.33. The molecule has 0 atom stereocenters. The summed E-state index contributed by atoms with van der Waals surface area (Å²) < 4.78 is 4.40. The van der Waals surface area contributed by atoms with Gasteiger partial charge in [0, 0.05) is 0 Å². The van der Waals surface area contributed by atoms with E-state index in [9.17, 15) is 4.79 Å². The van der Waals surface area contributed by atoms with Crippen LogP contribution in [0.4, 0.5) is 4.79 Å². The minimum Gasteiger partial charge on any atom is -0.448 e. The summed E-state index contributed by atoms with van der Waals surface area (Å²) in [5.74, 6) is 0. The van der Waals surface area contributed by atoms with Gasteiger partial charge >= 0.3 is 6.09 Å². The van der Waals surface area contributed by atoms with Crippen LogP contribution in [0.3, 0.4) is 0 Å². The van der Waals surface area contributed by atoms with Gasteiger partial charge < -0.3 is 10.1 Å². The summed E-state index contributed by atoms with van der Waals surface area (Å²) in [6, 6.07) is 0. The second-order valence-electron chi connectivity index (χ2n) is 1.06. The van der Waals surface area contributed by atoms with Crippen LogP contribution >= 0.6 is 0 Å². The van der Waals surface area contributed by atoms with Gasteiger partial charge in [-0.15, -0.1) is 0 Å². The topological polar surface area (TPSA) is 38.3 Å². The first-order chi connectivity index (χ1) is 2.89. The van der Waals surface area contributed by atoms with Crippen LogP contribution in [0.1, 0.15) is 0 Å². The van der Waals surface area contributed by atoms with Crippen molar-refractivity contribution in [2.75, 3.05) is 13.2 Å². The first-order valence-electron chi connectivity index (χ1n) is 1.80. The maximum atomic E-state index is 9.91. The Morgan fingerprint density at radius 2 is 2.43 bits per heavy atom. The Labute approximate surface area is 43.6 Å². The molecule has 0 aliphatic carbocycles. The Bertz CT molecular complexity index is 67.3. The second kappa shape index (κ2) is 2.50. The molecule has 1 amide bonds. The number of cyclic esters (lactones) is 1. The number of carbonyl (C=O) groups is 1. The van der Waals surface area contributed by atoms with E-state index >= 15 is 0 Å². The number of amides is 1. The number of rotatable bonds is 0. The predicted octanol–water partition coefficient (Wildman–Crippen LogP) is -1.46. The van der Waals surface area contributed by atoms with Gasteiger partial charge in [-0.2, -0.15) is 0 Å². The minimum absolute atomic E-state index is 0. The van der Waals surface area contributed by atoms with Crippen molar-refractivity contribution in [3.63, 3.8) is 0 Å². The van der Waals surface area contributed by atoms with Crippen LogP contribution in [0.25, 0.3) is 0 Å². The zero-order valence-corrected chi connectivity index (χ0v) is 3.23. The van der Waals surface area contributed by atoms with Gasteiger partial charge in [-0.1, -0.05) is 0 Å². The number of alkyl carbamates (subject to hydrolysis) is 1. The molecule has 1 heterocycles. The van der Waals surface area contributed by atoms with Crippen LogP contribution < -0.4 is 5.32 Å². The van der Waals surface area contributed by atoms with Crippen molar-refractivity contribution in [2.24, 2.45) is 0 Å². The molecule has 0 aromatic rings. The van der Waals surface area contributed by atoms with E-state index in [0.717, 1.165) is 0 Å². The summed E-state index contributed by atoms with van der Waals surface area (Å²) in [5, 5.41) is 2.46. The number of hydrogen-bond acceptors (Lipinski definition) is 2. The lowest BCUT2D eigenvalue weighted by molar-refractivity contribution is 0.178. The van der Waals surface area contributed by atoms with E-state index in [1.165, 1.54) is 0 Å². The van der Waals surface area contributed by atoms with E-state index in [-0.39, 0.29) is 14.5 Å². The Kier molecular flexibility index (Phi) is 2.26. The lowest BCUT2D eigenvalue weighted by Crippen LogP contribution is -2.11. The Morgan fingerprint density at radius 1 is 1.71 bits per heavy atom. The number of carbonyl (C=O) groups excluding carboxylic acids is 1. The van der Waals surface area contributed by atoms with Gasteiger partial charge in [0.15, 0.2) is 0 Å². The molecule has 1 fully saturated rings. The molecular formula is C3H8BNO2. The summed E-state index contributed by atoms with van der Waals surface area (Å²) in [4.78, 5) is 9.91. The third-order valence-electron chi connectivity index (χ3n) is 0.605. The van der Waals surface area contributed by atoms with E-state index in [0.29, 0.717) is 13.2 Å². The van der Waals surface area contributed by atoms with Crippen LogP contribution in [0, 0.1) is 0 Å². The number of nitrogens with one attached hydrogen (secondary N) is 1. The average Bonchev–Trinajstić information content (AvgIpc) is 1.86. The van der Waals surface area contributed by atoms with Gasteiger partial charge in [-0.25, -0.2) is 4.79 Å². The molecule has 0 radical (unpaired) electrons. The smallest absolute Gasteiger partial charge is 0.407 e. The van der Waals surface area contributed by atoms with E-state index in [2.05, 4.69) is 10.1 Å². The largest absolute Gasteiger partial charge is 0.448 e. The highest BCUT2D eigenvalue weighted by molar-refractivity contribution is 5.75. The van der Waals surface area contributed by atoms with Crippen LogP contribution in [0.15, 0.2) is 0 Å². The van der Waals surface area contributed by atoms with Gasteiger partial charge in [0.1, 0.15) is 6.61 Å². The molecule has 40 valence electrons. The van der Waals surface area contributed by atoms with Gasteiger partial charge in [-0.05, 0) is 0 Å². The molecule has 0 aromatic heterocycles. The number of ether oxygens (including phenoxy) is 1. The van der Waals surface area contributed by atoms with Crippen molar-refractivity contribution in [3.05, 3.63) is 0 Å². The molecule has 0 aromatic carbocycles. The Hall–Kier alpha value is -0.665. The molecule has 0 unspecified atom stereocenters. The fourth-order valence-electron chi connectivity index (χ4n) is 0.348. The van der Waals surface area contributed by atoms with Crippen molar-refractivity contribution in [1.82, 2.24) is 5.32 Å². The van der Waals surface area contributed by atoms with E-state index in [4.69, 9.17) is 0 Å². The molecule has 0 spiro atoms. The Morgan fingerprint density at radius 3 is 2.57 bits per heavy atom. The molecule has 0 saturated carbocycles. The zero-order valence-electron chi connectivity index (χ0n) is 3.23. The zero-order chi connectivity index (χ0) is 4.41. The maximum absolute atomic E-state index is 9.91. The van der Waals surface area contributed by atoms with Crippen molar-refractivity contribution >= 4 is 14.5 Å². The van der Waals surface area contributed by atoms with Crippen LogP contribution in [-0.2, 0) is 4.74 Å². The maximum Gasteiger partial charge on any atom is 0.407 e. The van der Waals surface area contributed by atoms with Gasteiger partial charge in [-0.3, -0.25) is 0 Å². The first-order valence-corrected chi connectivity index (χ1v) is 1.80. The number of hydrogen-bond donors (Lipinski definition) is 1. The molecule has 4 heteroatoms. The van der Waals surface area contributed by atoms with Crippen LogP contribution in [0.5, 0.6) is 0 Å². The van der Waals surface area contributed by atoms with Crippen LogP contribution in [0.2, 0.25) is 0 Å². The standard InChI is InChI=1S/C3H5NO2.BH3/c5-3-4-1-2-6-3;/h1-2H2,(H,4,5);1H3. The SMILES string of the molecule is B.O=C1NCCO1. The van der Waals surface area contributed by atoms with Gasteiger partial charge in [0.2, 0.25) is 0 Å². The molecule has 1 rings (SSSR count). The quantitative estimate of drug-likeness (QED) is 0.379. The van der Waals surface area contributed by atoms with E-state index in [1.807, 2.05) is 0 Å². The summed E-state index contributed by atoms with van der Waals surface area (Å²) in [6.45, 7) is 1.19. The summed E-state index contributed by atoms with van der Waals surface area (Å²) in [6.07, 6.45) is -0.296. The molecular weight excluding hydrogens is 92.8 g/mol. The highest BCUT2D eigenvalue weighted by atomic mass is 16.6. The highest BCUT2D eigenvalue weighted by Gasteiger charge is 2.06. The minimum atomic E-state index is -0.296. The molecule has 1 saturated heterocycles. The lowest BCUT2D eigenvalue weighted by Gasteiger charge is -1.80. The molecule has 7 heavy (non-hydrogen) atoms. The summed E-state index contributed by atoms with van der Waals surface area (Å²) in [5.41, 5.74) is 0. The fraction of sp³-hybridized carbons (Fsp3) is 0.667. The second-order valence-corrected chi connectivity index (χ2v) is 1.06. The van der Waals surface area contributed by atoms with Crippen molar-refractivity contribution in [1.29, 1.82) is 0 Å². The molecule has 1 aliphatic heterocycles. The third-order valence-corrected chi connectivity index (χ3v) is 0.605. The Balaban J connectivity index is 0.000000360. The van der Waals surface area contributed by atoms with Crippen molar-refractivity contribution < 1.29 is 9.53 Å². The highest BCUT2D eigenvalue weighted by Crippen LogP contribution is 1.82.